The van der Waals surface area contributed by atoms with E-state index >= 15 is 0 Å². The van der Waals surface area contributed by atoms with Crippen molar-refractivity contribution in [2.45, 2.75) is 264 Å². The fourth-order valence-corrected chi connectivity index (χ4v) is 8.27. The Morgan fingerprint density at radius 3 is 1.21 bits per heavy atom. The molecule has 66 heavy (non-hydrogen) atoms. The highest BCUT2D eigenvalue weighted by atomic mass is 31.2. The minimum absolute atomic E-state index is 0.152. The average Bonchev–Trinajstić information content (AvgIpc) is 3.30. The van der Waals surface area contributed by atoms with Crippen LogP contribution in [-0.2, 0) is 42.2 Å². The van der Waals surface area contributed by atoms with E-state index < -0.39 is 57.8 Å². The largest absolute Gasteiger partial charge is 0.472 e. The summed E-state index contributed by atoms with van der Waals surface area (Å²) in [4.78, 5) is 48.3. The van der Waals surface area contributed by atoms with Crippen molar-refractivity contribution in [3.8, 4) is 0 Å². The lowest BCUT2D eigenvalue weighted by atomic mass is 10.0. The summed E-state index contributed by atoms with van der Waals surface area (Å²) in [6.07, 6.45) is 48.3. The van der Waals surface area contributed by atoms with Gasteiger partial charge in [-0.25, -0.2) is 4.57 Å². The second-order valence-electron chi connectivity index (χ2n) is 18.0. The van der Waals surface area contributed by atoms with Crippen LogP contribution in [0.25, 0.3) is 0 Å². The molecule has 0 aromatic rings. The highest BCUT2D eigenvalue weighted by Crippen LogP contribution is 2.43. The maximum Gasteiger partial charge on any atom is 0.472 e. The summed E-state index contributed by atoms with van der Waals surface area (Å²) in [5.74, 6) is -1.47. The molecular weight excluding hydrogens is 856 g/mol. The lowest BCUT2D eigenvalue weighted by Gasteiger charge is -2.21. The molecule has 0 saturated carbocycles. The summed E-state index contributed by atoms with van der Waals surface area (Å²) in [6.45, 7) is 4.51. The van der Waals surface area contributed by atoms with Gasteiger partial charge in [0, 0.05) is 19.3 Å². The third-order valence-electron chi connectivity index (χ3n) is 11.6. The summed E-state index contributed by atoms with van der Waals surface area (Å²) in [5.41, 5.74) is 0. The van der Waals surface area contributed by atoms with E-state index in [0.29, 0.717) is 19.3 Å². The third kappa shape index (κ3) is 46.8. The molecule has 0 bridgehead atoms. The number of allylic oxidation sites excluding steroid dienone is 6. The fraction of sp³-hybridized carbons (Fsp3) is 0.833. The van der Waals surface area contributed by atoms with Gasteiger partial charge in [0.25, 0.3) is 0 Å². The molecule has 0 aliphatic heterocycles. The molecule has 386 valence electrons. The predicted molar refractivity (Wildman–Crippen MR) is 270 cm³/mol. The third-order valence-corrected chi connectivity index (χ3v) is 12.5. The summed E-state index contributed by atoms with van der Waals surface area (Å²) in [7, 11) is -4.74. The Labute approximate surface area is 403 Å². The summed E-state index contributed by atoms with van der Waals surface area (Å²) >= 11 is 0. The molecule has 0 aliphatic rings. The zero-order valence-electron chi connectivity index (χ0n) is 42.4. The van der Waals surface area contributed by atoms with Crippen LogP contribution in [0.15, 0.2) is 36.5 Å². The quantitative estimate of drug-likeness (QED) is 0.0197. The van der Waals surface area contributed by atoms with E-state index in [-0.39, 0.29) is 25.9 Å². The Bertz CT molecular complexity index is 1250. The van der Waals surface area contributed by atoms with Gasteiger partial charge in [0.1, 0.15) is 12.7 Å². The second-order valence-corrected chi connectivity index (χ2v) is 19.5. The predicted octanol–water partition coefficient (Wildman–Crippen LogP) is 15.3. The molecule has 0 fully saturated rings. The topological polar surface area (TPSA) is 155 Å². The van der Waals surface area contributed by atoms with E-state index in [9.17, 15) is 28.9 Å². The van der Waals surface area contributed by atoms with Crippen molar-refractivity contribution in [3.05, 3.63) is 36.5 Å². The molecule has 0 spiro atoms. The van der Waals surface area contributed by atoms with Gasteiger partial charge in [0.2, 0.25) is 0 Å². The molecule has 11 nitrogen and oxygen atoms in total. The zero-order chi connectivity index (χ0) is 48.4. The van der Waals surface area contributed by atoms with Crippen LogP contribution in [0.1, 0.15) is 252 Å². The fourth-order valence-electron chi connectivity index (χ4n) is 7.49. The first-order valence-electron chi connectivity index (χ1n) is 26.9. The van der Waals surface area contributed by atoms with Crippen molar-refractivity contribution in [2.75, 3.05) is 26.4 Å². The maximum absolute atomic E-state index is 12.8. The first kappa shape index (κ1) is 63.7. The Hall–Kier alpha value is -2.30. The average molecular weight is 955 g/mol. The van der Waals surface area contributed by atoms with E-state index in [1.807, 2.05) is 0 Å². The first-order chi connectivity index (χ1) is 32.2. The Morgan fingerprint density at radius 1 is 0.439 bits per heavy atom. The number of aliphatic hydroxyl groups is 1. The summed E-state index contributed by atoms with van der Waals surface area (Å²) in [6, 6.07) is 0. The molecule has 3 unspecified atom stereocenters. The molecule has 0 amide bonds. The highest BCUT2D eigenvalue weighted by molar-refractivity contribution is 7.47. The highest BCUT2D eigenvalue weighted by Gasteiger charge is 2.28. The molecule has 2 N–H and O–H groups in total. The van der Waals surface area contributed by atoms with Gasteiger partial charge in [0.15, 0.2) is 6.10 Å². The number of esters is 3. The van der Waals surface area contributed by atoms with Crippen LogP contribution in [0.3, 0.4) is 0 Å². The van der Waals surface area contributed by atoms with E-state index in [4.69, 9.17) is 23.3 Å². The molecule has 0 rings (SSSR count). The van der Waals surface area contributed by atoms with Gasteiger partial charge in [-0.1, -0.05) is 218 Å². The van der Waals surface area contributed by atoms with Crippen LogP contribution < -0.4 is 0 Å². The molecule has 3 atom stereocenters. The Balaban J connectivity index is 4.74. The number of ether oxygens (including phenoxy) is 3. The molecule has 0 aromatic carbocycles. The summed E-state index contributed by atoms with van der Waals surface area (Å²) < 4.78 is 39.3. The van der Waals surface area contributed by atoms with E-state index in [1.54, 1.807) is 0 Å². The number of carbonyl (C=O) groups excluding carboxylic acids is 3. The van der Waals surface area contributed by atoms with E-state index in [2.05, 4.69) is 57.2 Å². The van der Waals surface area contributed by atoms with Crippen LogP contribution in [0.5, 0.6) is 0 Å². The van der Waals surface area contributed by atoms with Crippen molar-refractivity contribution >= 4 is 25.7 Å². The minimum atomic E-state index is -4.74. The first-order valence-corrected chi connectivity index (χ1v) is 28.4. The number of aliphatic hydroxyl groups excluding tert-OH is 1. The van der Waals surface area contributed by atoms with Gasteiger partial charge in [-0.2, -0.15) is 0 Å². The van der Waals surface area contributed by atoms with Gasteiger partial charge < -0.3 is 24.2 Å². The Kier molecular flexibility index (Phi) is 47.4. The van der Waals surface area contributed by atoms with Crippen LogP contribution in [0.4, 0.5) is 0 Å². The number of phosphoric ester groups is 1. The molecule has 0 heterocycles. The molecular formula is C54H99O11P. The number of hydrogen-bond acceptors (Lipinski definition) is 10. The van der Waals surface area contributed by atoms with Crippen molar-refractivity contribution in [1.29, 1.82) is 0 Å². The number of rotatable bonds is 50. The normalized spacial score (nSPS) is 13.7. The number of unbranched alkanes of at least 4 members (excludes halogenated alkanes) is 27. The minimum Gasteiger partial charge on any atom is -0.462 e. The smallest absolute Gasteiger partial charge is 0.462 e. The van der Waals surface area contributed by atoms with Gasteiger partial charge in [-0.15, -0.1) is 0 Å². The molecule has 0 saturated heterocycles. The van der Waals surface area contributed by atoms with E-state index in [0.717, 1.165) is 89.9 Å². The van der Waals surface area contributed by atoms with Gasteiger partial charge in [-0.05, 0) is 51.4 Å². The lowest BCUT2D eigenvalue weighted by molar-refractivity contribution is -0.161. The van der Waals surface area contributed by atoms with Crippen molar-refractivity contribution in [1.82, 2.24) is 0 Å². The number of carbonyl (C=O) groups is 3. The number of phosphoric acid groups is 1. The summed E-state index contributed by atoms with van der Waals surface area (Å²) in [5, 5.41) is 9.75. The standard InChI is InChI=1S/C54H99O11P/c1-4-7-10-13-16-19-21-23-25-27-29-32-34-37-40-43-52(56)61-47-51(65-54(58)45-42-39-36-33-30-28-26-24-22-20-17-14-11-8-5-2)49-63-66(59,60)62-48-50(46-55)64-53(57)44-41-38-35-31-18-15-12-9-6-3/h8,11,17,20,24,26,50-51,55H,4-7,9-10,12-16,18-19,21-23,25,27-49H2,1-3H3,(H,59,60)/b11-8-,20-17-,26-24-. The van der Waals surface area contributed by atoms with E-state index in [1.165, 1.54) is 103 Å². The maximum atomic E-state index is 12.8. The van der Waals surface area contributed by atoms with Crippen molar-refractivity contribution < 1.29 is 52.2 Å². The van der Waals surface area contributed by atoms with Crippen LogP contribution in [0, 0.1) is 0 Å². The second kappa shape index (κ2) is 49.1. The van der Waals surface area contributed by atoms with Gasteiger partial charge >= 0.3 is 25.7 Å². The number of hydrogen-bond donors (Lipinski definition) is 2. The molecule has 0 aliphatic carbocycles. The monoisotopic (exact) mass is 955 g/mol. The SMILES string of the molecule is CC/C=C\C/C=C\C/C=C\CCCCCCCC(=O)OC(COC(=O)CCCCCCCCCCCCCCCCC)COP(=O)(O)OCC(CO)OC(=O)CCCCCCCCCCC. The van der Waals surface area contributed by atoms with Crippen LogP contribution in [0.2, 0.25) is 0 Å². The van der Waals surface area contributed by atoms with Crippen LogP contribution in [-0.4, -0.2) is 66.5 Å². The van der Waals surface area contributed by atoms with Crippen LogP contribution >= 0.6 is 7.82 Å². The Morgan fingerprint density at radius 2 is 0.788 bits per heavy atom. The molecule has 0 radical (unpaired) electrons. The molecule has 0 aromatic heterocycles. The molecule has 12 heteroatoms. The van der Waals surface area contributed by atoms with Gasteiger partial charge in [-0.3, -0.25) is 23.4 Å². The lowest BCUT2D eigenvalue weighted by Crippen LogP contribution is -2.30. The van der Waals surface area contributed by atoms with Crippen molar-refractivity contribution in [2.24, 2.45) is 0 Å². The van der Waals surface area contributed by atoms with Gasteiger partial charge in [0.05, 0.1) is 19.8 Å². The zero-order valence-corrected chi connectivity index (χ0v) is 43.3. The van der Waals surface area contributed by atoms with Crippen molar-refractivity contribution in [3.63, 3.8) is 0 Å².